The molecule has 2 heteroatoms. The molecule has 2 nitrogen and oxygen atoms in total. The molecule has 3 unspecified atom stereocenters. The summed E-state index contributed by atoms with van der Waals surface area (Å²) in [5.41, 5.74) is 0.520. The van der Waals surface area contributed by atoms with Crippen LogP contribution in [0.15, 0.2) is 5.16 Å². The molecule has 2 aliphatic carbocycles. The van der Waals surface area contributed by atoms with Crippen LogP contribution in [0.25, 0.3) is 0 Å². The van der Waals surface area contributed by atoms with Crippen molar-refractivity contribution in [2.24, 2.45) is 22.4 Å². The third kappa shape index (κ3) is 0.568. The Morgan fingerprint density at radius 2 is 2.50 bits per heavy atom. The molecule has 0 aromatic rings. The van der Waals surface area contributed by atoms with E-state index in [1.807, 2.05) is 0 Å². The van der Waals surface area contributed by atoms with E-state index in [1.54, 1.807) is 6.21 Å². The number of rotatable bonds is 1. The lowest BCUT2D eigenvalue weighted by atomic mass is 10.0. The van der Waals surface area contributed by atoms with Crippen LogP contribution in [0.3, 0.4) is 0 Å². The van der Waals surface area contributed by atoms with E-state index in [-0.39, 0.29) is 0 Å². The van der Waals surface area contributed by atoms with Gasteiger partial charge in [0.15, 0.2) is 0 Å². The Kier molecular flexibility index (Phi) is 1.08. The molecule has 0 spiro atoms. The van der Waals surface area contributed by atoms with Crippen LogP contribution < -0.4 is 0 Å². The summed E-state index contributed by atoms with van der Waals surface area (Å²) in [6.07, 6.45) is 5.75. The average Bonchev–Trinajstić information content (AvgIpc) is 2.34. The highest BCUT2D eigenvalue weighted by molar-refractivity contribution is 5.67. The van der Waals surface area contributed by atoms with Gasteiger partial charge in [-0.2, -0.15) is 0 Å². The summed E-state index contributed by atoms with van der Waals surface area (Å²) < 4.78 is 0. The Bertz CT molecular complexity index is 178. The highest BCUT2D eigenvalue weighted by Gasteiger charge is 2.62. The molecule has 0 aliphatic heterocycles. The van der Waals surface area contributed by atoms with Crippen LogP contribution in [0.4, 0.5) is 0 Å². The summed E-state index contributed by atoms with van der Waals surface area (Å²) in [5.74, 6) is 1.43. The van der Waals surface area contributed by atoms with Crippen molar-refractivity contribution in [1.82, 2.24) is 0 Å². The van der Waals surface area contributed by atoms with E-state index < -0.39 is 0 Å². The monoisotopic (exact) mass is 139 g/mol. The van der Waals surface area contributed by atoms with Gasteiger partial charge in [0.2, 0.25) is 0 Å². The molecule has 0 amide bonds. The van der Waals surface area contributed by atoms with Crippen molar-refractivity contribution in [2.45, 2.75) is 26.2 Å². The molecular weight excluding hydrogens is 126 g/mol. The first-order valence-corrected chi connectivity index (χ1v) is 3.96. The second kappa shape index (κ2) is 1.74. The SMILES string of the molecule is CC12CCCC1C2/C=N/O. The molecule has 0 heterocycles. The fourth-order valence-corrected chi connectivity index (χ4v) is 2.61. The zero-order chi connectivity index (χ0) is 7.19. The topological polar surface area (TPSA) is 32.6 Å². The molecule has 0 radical (unpaired) electrons. The van der Waals surface area contributed by atoms with Gasteiger partial charge in [0.25, 0.3) is 0 Å². The van der Waals surface area contributed by atoms with Gasteiger partial charge in [0.05, 0.1) is 0 Å². The van der Waals surface area contributed by atoms with E-state index in [4.69, 9.17) is 5.21 Å². The Hall–Kier alpha value is -0.530. The van der Waals surface area contributed by atoms with Gasteiger partial charge in [-0.3, -0.25) is 0 Å². The number of nitrogens with zero attached hydrogens (tertiary/aromatic N) is 1. The fraction of sp³-hybridized carbons (Fsp3) is 0.875. The van der Waals surface area contributed by atoms with Crippen LogP contribution in [-0.2, 0) is 0 Å². The first-order chi connectivity index (χ1) is 4.79. The molecule has 1 N–H and O–H groups in total. The highest BCUT2D eigenvalue weighted by atomic mass is 16.4. The Morgan fingerprint density at radius 3 is 3.00 bits per heavy atom. The molecule has 2 fully saturated rings. The van der Waals surface area contributed by atoms with Gasteiger partial charge in [0, 0.05) is 12.1 Å². The van der Waals surface area contributed by atoms with Crippen molar-refractivity contribution in [3.05, 3.63) is 0 Å². The zero-order valence-corrected chi connectivity index (χ0v) is 6.25. The maximum Gasteiger partial charge on any atom is 0.0475 e. The highest BCUT2D eigenvalue weighted by Crippen LogP contribution is 2.67. The van der Waals surface area contributed by atoms with Crippen molar-refractivity contribution < 1.29 is 5.21 Å². The van der Waals surface area contributed by atoms with Crippen molar-refractivity contribution >= 4 is 6.21 Å². The molecule has 0 bridgehead atoms. The van der Waals surface area contributed by atoms with E-state index in [2.05, 4.69) is 12.1 Å². The number of fused-ring (bicyclic) bond motifs is 1. The van der Waals surface area contributed by atoms with Gasteiger partial charge in [-0.05, 0) is 24.2 Å². The first-order valence-electron chi connectivity index (χ1n) is 3.96. The Balaban J connectivity index is 2.07. The first kappa shape index (κ1) is 6.20. The molecule has 0 saturated heterocycles. The lowest BCUT2D eigenvalue weighted by Gasteiger charge is -2.01. The van der Waals surface area contributed by atoms with E-state index in [1.165, 1.54) is 19.3 Å². The minimum atomic E-state index is 0.520. The zero-order valence-electron chi connectivity index (χ0n) is 6.25. The van der Waals surface area contributed by atoms with Gasteiger partial charge < -0.3 is 5.21 Å². The van der Waals surface area contributed by atoms with Gasteiger partial charge >= 0.3 is 0 Å². The predicted molar refractivity (Wildman–Crippen MR) is 39.2 cm³/mol. The molecule has 0 aromatic carbocycles. The maximum absolute atomic E-state index is 8.32. The molecule has 3 atom stereocenters. The second-order valence-corrected chi connectivity index (χ2v) is 3.79. The van der Waals surface area contributed by atoms with Crippen LogP contribution in [0, 0.1) is 17.3 Å². The van der Waals surface area contributed by atoms with Crippen LogP contribution in [0.2, 0.25) is 0 Å². The average molecular weight is 139 g/mol. The van der Waals surface area contributed by atoms with Gasteiger partial charge in [-0.25, -0.2) is 0 Å². The van der Waals surface area contributed by atoms with E-state index in [0.29, 0.717) is 11.3 Å². The molecule has 2 rings (SSSR count). The van der Waals surface area contributed by atoms with Crippen LogP contribution in [0.5, 0.6) is 0 Å². The van der Waals surface area contributed by atoms with Gasteiger partial charge in [-0.1, -0.05) is 13.3 Å². The molecular formula is C8H13NO. The summed E-state index contributed by atoms with van der Waals surface area (Å²) in [7, 11) is 0. The summed E-state index contributed by atoms with van der Waals surface area (Å²) >= 11 is 0. The molecule has 2 aliphatic rings. The van der Waals surface area contributed by atoms with Crippen LogP contribution in [0.1, 0.15) is 26.2 Å². The minimum Gasteiger partial charge on any atom is -0.411 e. The van der Waals surface area contributed by atoms with E-state index >= 15 is 0 Å². The second-order valence-electron chi connectivity index (χ2n) is 3.79. The number of hydrogen-bond donors (Lipinski definition) is 1. The van der Waals surface area contributed by atoms with Crippen molar-refractivity contribution in [2.75, 3.05) is 0 Å². The third-order valence-electron chi connectivity index (χ3n) is 3.39. The molecule has 56 valence electrons. The van der Waals surface area contributed by atoms with Crippen molar-refractivity contribution in [3.63, 3.8) is 0 Å². The third-order valence-corrected chi connectivity index (χ3v) is 3.39. The number of oxime groups is 1. The molecule has 2 saturated carbocycles. The molecule has 10 heavy (non-hydrogen) atoms. The summed E-state index contributed by atoms with van der Waals surface area (Å²) in [4.78, 5) is 0. The summed E-state index contributed by atoms with van der Waals surface area (Å²) in [6, 6.07) is 0. The minimum absolute atomic E-state index is 0.520. The summed E-state index contributed by atoms with van der Waals surface area (Å²) in [6.45, 7) is 2.30. The predicted octanol–water partition coefficient (Wildman–Crippen LogP) is 1.88. The molecule has 0 aromatic heterocycles. The van der Waals surface area contributed by atoms with Gasteiger partial charge in [0.1, 0.15) is 0 Å². The fourth-order valence-electron chi connectivity index (χ4n) is 2.61. The lowest BCUT2D eigenvalue weighted by Crippen LogP contribution is -1.96. The van der Waals surface area contributed by atoms with Crippen molar-refractivity contribution in [3.8, 4) is 0 Å². The van der Waals surface area contributed by atoms with E-state index in [9.17, 15) is 0 Å². The van der Waals surface area contributed by atoms with Crippen LogP contribution >= 0.6 is 0 Å². The smallest absolute Gasteiger partial charge is 0.0475 e. The maximum atomic E-state index is 8.32. The Morgan fingerprint density at radius 1 is 1.70 bits per heavy atom. The number of hydrogen-bond acceptors (Lipinski definition) is 2. The summed E-state index contributed by atoms with van der Waals surface area (Å²) in [5, 5.41) is 11.4. The van der Waals surface area contributed by atoms with Crippen LogP contribution in [-0.4, -0.2) is 11.4 Å². The standard InChI is InChI=1S/C8H13NO/c1-8-4-2-3-6(8)7(8)5-9-10/h5-7,10H,2-4H2,1H3/b9-5+. The largest absolute Gasteiger partial charge is 0.411 e. The van der Waals surface area contributed by atoms with E-state index in [0.717, 1.165) is 5.92 Å². The van der Waals surface area contributed by atoms with Crippen molar-refractivity contribution in [1.29, 1.82) is 0 Å². The lowest BCUT2D eigenvalue weighted by molar-refractivity contribution is 0.318. The van der Waals surface area contributed by atoms with Gasteiger partial charge in [-0.15, -0.1) is 5.16 Å². The normalized spacial score (nSPS) is 51.7. The quantitative estimate of drug-likeness (QED) is 0.336. The Labute approximate surface area is 60.9 Å².